The van der Waals surface area contributed by atoms with Crippen LogP contribution in [0.25, 0.3) is 11.1 Å². The predicted octanol–water partition coefficient (Wildman–Crippen LogP) is 9.09. The monoisotopic (exact) mass is 961 g/mol. The molecule has 1 saturated heterocycles. The van der Waals surface area contributed by atoms with Crippen molar-refractivity contribution in [2.75, 3.05) is 56.1 Å². The first-order chi connectivity index (χ1) is 30.0. The second kappa shape index (κ2) is 20.1. The molecular formula is C44H48Cl2F3N7O4S3. The Bertz CT molecular complexity index is 2600. The van der Waals surface area contributed by atoms with E-state index in [1.807, 2.05) is 79.7 Å². The average Bonchev–Trinajstić information content (AvgIpc) is 3.25. The summed E-state index contributed by atoms with van der Waals surface area (Å²) in [7, 11) is -7.00. The van der Waals surface area contributed by atoms with Gasteiger partial charge >= 0.3 is 5.51 Å². The molecule has 1 aromatic heterocycles. The minimum Gasteiger partial charge on any atom is -0.380 e. The third kappa shape index (κ3) is 11.7. The molecule has 19 heteroatoms. The lowest BCUT2D eigenvalue weighted by atomic mass is 9.96. The minimum absolute atomic E-state index is 0.108. The van der Waals surface area contributed by atoms with Gasteiger partial charge in [-0.1, -0.05) is 66.2 Å². The summed E-state index contributed by atoms with van der Waals surface area (Å²) in [5.74, 6) is 0.283. The normalized spacial score (nSPS) is 16.2. The fourth-order valence-corrected chi connectivity index (χ4v) is 11.3. The van der Waals surface area contributed by atoms with Crippen LogP contribution < -0.4 is 10.0 Å². The van der Waals surface area contributed by atoms with Crippen LogP contribution in [0, 0.1) is 0 Å². The van der Waals surface area contributed by atoms with Crippen molar-refractivity contribution in [1.29, 1.82) is 0 Å². The second-order valence-electron chi connectivity index (χ2n) is 15.9. The van der Waals surface area contributed by atoms with Crippen LogP contribution in [0.3, 0.4) is 0 Å². The topological polar surface area (TPSA) is 128 Å². The number of nitrogens with one attached hydrogen (secondary N) is 2. The molecule has 5 aromatic rings. The van der Waals surface area contributed by atoms with Crippen molar-refractivity contribution in [2.24, 2.45) is 0 Å². The van der Waals surface area contributed by atoms with Gasteiger partial charge in [0.1, 0.15) is 10.7 Å². The Kier molecular flexibility index (Phi) is 15.0. The van der Waals surface area contributed by atoms with E-state index in [2.05, 4.69) is 48.0 Å². The summed E-state index contributed by atoms with van der Waals surface area (Å²) in [5.41, 5.74) is -1.51. The van der Waals surface area contributed by atoms with E-state index in [-0.39, 0.29) is 22.8 Å². The van der Waals surface area contributed by atoms with Crippen molar-refractivity contribution < 1.29 is 30.0 Å². The van der Waals surface area contributed by atoms with Gasteiger partial charge in [0.25, 0.3) is 19.9 Å². The van der Waals surface area contributed by atoms with Gasteiger partial charge in [0.05, 0.1) is 16.3 Å². The zero-order chi connectivity index (χ0) is 44.9. The van der Waals surface area contributed by atoms with Crippen LogP contribution in [0.15, 0.2) is 112 Å². The molecule has 0 unspecified atom stereocenters. The van der Waals surface area contributed by atoms with Crippen molar-refractivity contribution in [2.45, 2.75) is 71.1 Å². The number of thioether (sulfide) groups is 1. The SMILES string of the molecule is CN(C)CC[C@H](CSc1ccccc1)Nc1ccc(S(=O)(=O)Nc2nc(Cl)nc3c2CCN(C2CCN(Cc4ccccc4-c4ccc(Cl)cc4)CC2)C3)cc1S(=O)(=O)C(F)(F)F. The molecule has 1 fully saturated rings. The van der Waals surface area contributed by atoms with E-state index in [9.17, 15) is 30.0 Å². The third-order valence-electron chi connectivity index (χ3n) is 11.3. The summed E-state index contributed by atoms with van der Waals surface area (Å²) in [6, 6.07) is 28.0. The highest BCUT2D eigenvalue weighted by molar-refractivity contribution is 7.99. The van der Waals surface area contributed by atoms with Gasteiger partial charge in [-0.05, 0) is 130 Å². The highest BCUT2D eigenvalue weighted by Crippen LogP contribution is 2.38. The molecule has 2 aliphatic heterocycles. The number of halogens is 5. The van der Waals surface area contributed by atoms with E-state index >= 15 is 0 Å². The zero-order valence-corrected chi connectivity index (χ0v) is 38.6. The Balaban J connectivity index is 1.06. The number of hydrogen-bond donors (Lipinski definition) is 2. The van der Waals surface area contributed by atoms with Gasteiger partial charge in [0, 0.05) is 53.0 Å². The number of fused-ring (bicyclic) bond motifs is 1. The smallest absolute Gasteiger partial charge is 0.380 e. The van der Waals surface area contributed by atoms with Crippen LogP contribution >= 0.6 is 35.0 Å². The Morgan fingerprint density at radius 2 is 1.59 bits per heavy atom. The molecule has 0 bridgehead atoms. The van der Waals surface area contributed by atoms with Crippen LogP contribution in [-0.4, -0.2) is 105 Å². The Morgan fingerprint density at radius 3 is 2.29 bits per heavy atom. The largest absolute Gasteiger partial charge is 0.501 e. The lowest BCUT2D eigenvalue weighted by Crippen LogP contribution is -2.46. The first-order valence-electron chi connectivity index (χ1n) is 20.4. The molecule has 2 aliphatic rings. The van der Waals surface area contributed by atoms with Gasteiger partial charge < -0.3 is 10.2 Å². The van der Waals surface area contributed by atoms with Crippen molar-refractivity contribution in [3.63, 3.8) is 0 Å². The Labute approximate surface area is 381 Å². The van der Waals surface area contributed by atoms with Crippen LogP contribution in [0.2, 0.25) is 10.3 Å². The highest BCUT2D eigenvalue weighted by Gasteiger charge is 2.48. The predicted molar refractivity (Wildman–Crippen MR) is 245 cm³/mol. The average molecular weight is 963 g/mol. The highest BCUT2D eigenvalue weighted by atomic mass is 35.5. The van der Waals surface area contributed by atoms with E-state index in [1.165, 1.54) is 22.9 Å². The van der Waals surface area contributed by atoms with Crippen molar-refractivity contribution in [3.05, 3.63) is 124 Å². The van der Waals surface area contributed by atoms with Crippen molar-refractivity contribution in [1.82, 2.24) is 24.7 Å². The molecule has 0 amide bonds. The van der Waals surface area contributed by atoms with Gasteiger partial charge in [-0.25, -0.2) is 21.8 Å². The summed E-state index contributed by atoms with van der Waals surface area (Å²) in [4.78, 5) is 14.3. The number of hydrogen-bond acceptors (Lipinski definition) is 11. The number of nitrogens with zero attached hydrogens (tertiary/aromatic N) is 5. The van der Waals surface area contributed by atoms with E-state index in [1.54, 1.807) is 0 Å². The zero-order valence-electron chi connectivity index (χ0n) is 34.7. The summed E-state index contributed by atoms with van der Waals surface area (Å²) in [6.45, 7) is 4.08. The molecule has 3 heterocycles. The number of sulfone groups is 1. The molecular weight excluding hydrogens is 915 g/mol. The van der Waals surface area contributed by atoms with E-state index in [4.69, 9.17) is 23.2 Å². The number of sulfonamides is 1. The third-order valence-corrected chi connectivity index (χ3v) is 15.7. The van der Waals surface area contributed by atoms with Gasteiger partial charge in [0.15, 0.2) is 0 Å². The summed E-state index contributed by atoms with van der Waals surface area (Å²) in [6.07, 6.45) is 2.65. The second-order valence-corrected chi connectivity index (χ2v) is 21.4. The lowest BCUT2D eigenvalue weighted by Gasteiger charge is -2.40. The Morgan fingerprint density at radius 1 is 0.889 bits per heavy atom. The number of anilines is 2. The molecule has 2 N–H and O–H groups in total. The standard InChI is InChI=1S/C44H48Cl2F3N7O4S3/c1-54(2)22-18-33(29-61-35-9-4-3-5-10-35)50-39-17-16-36(26-41(39)62(57,58)44(47,48)49)63(59,60)53-42-38-21-25-56(28-40(38)51-43(46)52-42)34-19-23-55(24-20-34)27-31-8-6-7-11-37(31)30-12-14-32(45)15-13-30/h3-17,26,33-34,50H,18-25,27-29H2,1-2H3,(H,51,52,53)/t33-/m1/s1. The number of aromatic nitrogens is 2. The number of benzene rings is 4. The van der Waals surface area contributed by atoms with Crippen molar-refractivity contribution in [3.8, 4) is 11.1 Å². The molecule has 7 rings (SSSR count). The quantitative estimate of drug-likeness (QED) is 0.0727. The van der Waals surface area contributed by atoms with Crippen LogP contribution in [-0.2, 0) is 39.4 Å². The van der Waals surface area contributed by atoms with Crippen molar-refractivity contribution >= 4 is 66.3 Å². The maximum Gasteiger partial charge on any atom is 0.501 e. The van der Waals surface area contributed by atoms with Gasteiger partial charge in [0.2, 0.25) is 5.28 Å². The van der Waals surface area contributed by atoms with E-state index in [0.29, 0.717) is 60.6 Å². The number of alkyl halides is 3. The van der Waals surface area contributed by atoms with Crippen LogP contribution in [0.5, 0.6) is 0 Å². The molecule has 0 radical (unpaired) electrons. The number of rotatable bonds is 16. The van der Waals surface area contributed by atoms with E-state index in [0.717, 1.165) is 55.1 Å². The number of likely N-dealkylation sites (tertiary alicyclic amines) is 1. The van der Waals surface area contributed by atoms with Crippen LogP contribution in [0.1, 0.15) is 36.1 Å². The first-order valence-corrected chi connectivity index (χ1v) is 25.1. The molecule has 1 atom stereocenters. The first kappa shape index (κ1) is 47.0. The molecule has 0 saturated carbocycles. The van der Waals surface area contributed by atoms with E-state index < -0.39 is 41.2 Å². The van der Waals surface area contributed by atoms with Gasteiger partial charge in [-0.3, -0.25) is 14.5 Å². The van der Waals surface area contributed by atoms with Crippen LogP contribution in [0.4, 0.5) is 24.7 Å². The molecule has 63 heavy (non-hydrogen) atoms. The maximum absolute atomic E-state index is 14.2. The maximum atomic E-state index is 14.2. The minimum atomic E-state index is -6.01. The summed E-state index contributed by atoms with van der Waals surface area (Å²) in [5, 5.41) is 3.47. The molecule has 11 nitrogen and oxygen atoms in total. The summed E-state index contributed by atoms with van der Waals surface area (Å²) < 4.78 is 99.0. The summed E-state index contributed by atoms with van der Waals surface area (Å²) >= 11 is 14.0. The molecule has 0 aliphatic carbocycles. The lowest BCUT2D eigenvalue weighted by molar-refractivity contribution is -0.0435. The van der Waals surface area contributed by atoms with Gasteiger partial charge in [-0.2, -0.15) is 18.2 Å². The fraction of sp³-hybridized carbons (Fsp3) is 0.364. The van der Waals surface area contributed by atoms with Gasteiger partial charge in [-0.15, -0.1) is 11.8 Å². The Hall–Kier alpha value is -3.94. The number of piperidine rings is 1. The molecule has 336 valence electrons. The molecule has 4 aromatic carbocycles. The molecule has 0 spiro atoms. The fourth-order valence-electron chi connectivity index (χ4n) is 7.94.